The second-order valence-electron chi connectivity index (χ2n) is 10.8. The lowest BCUT2D eigenvalue weighted by atomic mass is 10.00. The normalized spacial score (nSPS) is 17.3. The number of hydrogen-bond donors (Lipinski definition) is 1. The molecule has 1 aliphatic carbocycles. The fraction of sp³-hybridized carbons (Fsp3) is 0.419. The predicted molar refractivity (Wildman–Crippen MR) is 152 cm³/mol. The van der Waals surface area contributed by atoms with Crippen LogP contribution in [0.2, 0.25) is 0 Å². The van der Waals surface area contributed by atoms with Gasteiger partial charge in [0.2, 0.25) is 5.91 Å². The largest absolute Gasteiger partial charge is 0.416 e. The number of benzene rings is 1. The van der Waals surface area contributed by atoms with Crippen LogP contribution in [0.3, 0.4) is 0 Å². The van der Waals surface area contributed by atoms with E-state index in [1.807, 2.05) is 24.0 Å². The fourth-order valence-corrected chi connectivity index (χ4v) is 5.71. The van der Waals surface area contributed by atoms with Crippen LogP contribution in [0.1, 0.15) is 61.0 Å². The predicted octanol–water partition coefficient (Wildman–Crippen LogP) is 6.39. The van der Waals surface area contributed by atoms with E-state index < -0.39 is 11.7 Å². The number of hydrogen-bond acceptors (Lipinski definition) is 6. The number of aryl methyl sites for hydroxylation is 1. The van der Waals surface area contributed by atoms with Crippen LogP contribution in [0.4, 0.5) is 24.8 Å². The standard InChI is InChI=1S/C31H35F3N6O/c1-22-35-17-14-29(37-22)38-28-12-8-24(20-36-28)21-40(27-15-18-39(19-16-27)26-4-2-3-5-26)30(41)13-9-23-6-10-25(11-7-23)31(32,33)34/h6-14,17,20,26-27H,2-5,15-16,18-19,21H2,1H3,(H,35,36,37,38). The third-order valence-electron chi connectivity index (χ3n) is 7.93. The maximum Gasteiger partial charge on any atom is 0.416 e. The van der Waals surface area contributed by atoms with Crippen molar-refractivity contribution in [3.8, 4) is 0 Å². The second-order valence-corrected chi connectivity index (χ2v) is 10.8. The molecule has 1 N–H and O–H groups in total. The monoisotopic (exact) mass is 564 g/mol. The first-order chi connectivity index (χ1) is 19.7. The first kappa shape index (κ1) is 28.7. The van der Waals surface area contributed by atoms with Crippen LogP contribution < -0.4 is 5.32 Å². The third kappa shape index (κ3) is 7.70. The number of nitrogens with zero attached hydrogens (tertiary/aromatic N) is 5. The average Bonchev–Trinajstić information content (AvgIpc) is 3.51. The quantitative estimate of drug-likeness (QED) is 0.320. The maximum absolute atomic E-state index is 13.5. The van der Waals surface area contributed by atoms with Crippen molar-refractivity contribution in [3.63, 3.8) is 0 Å². The first-order valence-electron chi connectivity index (χ1n) is 14.2. The summed E-state index contributed by atoms with van der Waals surface area (Å²) in [6.07, 6.45) is 8.94. The van der Waals surface area contributed by atoms with Gasteiger partial charge in [-0.25, -0.2) is 15.0 Å². The van der Waals surface area contributed by atoms with E-state index in [1.54, 1.807) is 24.5 Å². The Morgan fingerprint density at radius 2 is 1.73 bits per heavy atom. The highest BCUT2D eigenvalue weighted by Crippen LogP contribution is 2.30. The number of likely N-dealkylation sites (tertiary alicyclic amines) is 1. The molecule has 7 nitrogen and oxygen atoms in total. The summed E-state index contributed by atoms with van der Waals surface area (Å²) in [7, 11) is 0. The van der Waals surface area contributed by atoms with Crippen LogP contribution in [0.5, 0.6) is 0 Å². The Balaban J connectivity index is 1.28. The van der Waals surface area contributed by atoms with Crippen molar-refractivity contribution in [1.29, 1.82) is 0 Å². The molecule has 1 saturated carbocycles. The van der Waals surface area contributed by atoms with E-state index in [-0.39, 0.29) is 11.9 Å². The van der Waals surface area contributed by atoms with Crippen LogP contribution in [0.15, 0.2) is 60.9 Å². The van der Waals surface area contributed by atoms with Crippen LogP contribution in [-0.2, 0) is 17.5 Å². The van der Waals surface area contributed by atoms with Crippen molar-refractivity contribution in [2.75, 3.05) is 18.4 Å². The molecule has 2 aromatic heterocycles. The number of carbonyl (C=O) groups excluding carboxylic acids is 1. The number of carbonyl (C=O) groups is 1. The molecule has 0 atom stereocenters. The minimum absolute atomic E-state index is 0.0687. The number of nitrogens with one attached hydrogen (secondary N) is 1. The molecule has 1 aliphatic heterocycles. The topological polar surface area (TPSA) is 74.2 Å². The minimum Gasteiger partial charge on any atom is -0.332 e. The van der Waals surface area contributed by atoms with Gasteiger partial charge in [0.25, 0.3) is 0 Å². The molecule has 41 heavy (non-hydrogen) atoms. The van der Waals surface area contributed by atoms with E-state index in [9.17, 15) is 18.0 Å². The molecule has 3 aromatic rings. The van der Waals surface area contributed by atoms with Gasteiger partial charge in [-0.2, -0.15) is 13.2 Å². The smallest absolute Gasteiger partial charge is 0.332 e. The molecule has 2 fully saturated rings. The summed E-state index contributed by atoms with van der Waals surface area (Å²) >= 11 is 0. The van der Waals surface area contributed by atoms with Crippen LogP contribution in [0.25, 0.3) is 6.08 Å². The number of pyridine rings is 1. The van der Waals surface area contributed by atoms with Gasteiger partial charge in [0.15, 0.2) is 0 Å². The number of anilines is 2. The van der Waals surface area contributed by atoms with Crippen molar-refractivity contribution in [3.05, 3.63) is 83.4 Å². The summed E-state index contributed by atoms with van der Waals surface area (Å²) in [4.78, 5) is 30.9. The summed E-state index contributed by atoms with van der Waals surface area (Å²) < 4.78 is 38.8. The molecule has 0 radical (unpaired) electrons. The van der Waals surface area contributed by atoms with Gasteiger partial charge in [-0.15, -0.1) is 0 Å². The van der Waals surface area contributed by atoms with Crippen molar-refractivity contribution in [2.24, 2.45) is 0 Å². The summed E-state index contributed by atoms with van der Waals surface area (Å²) in [5, 5.41) is 3.16. The van der Waals surface area contributed by atoms with Crippen LogP contribution in [-0.4, -0.2) is 55.8 Å². The van der Waals surface area contributed by atoms with Crippen LogP contribution in [0, 0.1) is 6.92 Å². The lowest BCUT2D eigenvalue weighted by Gasteiger charge is -2.40. The van der Waals surface area contributed by atoms with E-state index in [2.05, 4.69) is 25.2 Å². The van der Waals surface area contributed by atoms with Crippen LogP contribution >= 0.6 is 0 Å². The Hall–Kier alpha value is -3.79. The van der Waals surface area contributed by atoms with Crippen molar-refractivity contribution in [1.82, 2.24) is 24.8 Å². The summed E-state index contributed by atoms with van der Waals surface area (Å²) in [5.41, 5.74) is 0.722. The fourth-order valence-electron chi connectivity index (χ4n) is 5.71. The van der Waals surface area contributed by atoms with Gasteiger partial charge in [-0.05, 0) is 74.1 Å². The molecular weight excluding hydrogens is 529 g/mol. The van der Waals surface area contributed by atoms with E-state index >= 15 is 0 Å². The van der Waals surface area contributed by atoms with Crippen molar-refractivity contribution >= 4 is 23.6 Å². The average molecular weight is 565 g/mol. The molecule has 216 valence electrons. The Kier molecular flexibility index (Phi) is 8.97. The van der Waals surface area contributed by atoms with Gasteiger partial charge in [0.1, 0.15) is 17.5 Å². The molecule has 2 aliphatic rings. The molecule has 0 unspecified atom stereocenters. The van der Waals surface area contributed by atoms with Gasteiger partial charge in [-0.1, -0.05) is 31.0 Å². The maximum atomic E-state index is 13.5. The molecule has 3 heterocycles. The molecule has 0 spiro atoms. The Bertz CT molecular complexity index is 1330. The van der Waals surface area contributed by atoms with Gasteiger partial charge in [0.05, 0.1) is 5.56 Å². The Morgan fingerprint density at radius 3 is 2.37 bits per heavy atom. The number of piperidine rings is 1. The summed E-state index contributed by atoms with van der Waals surface area (Å²) in [5.74, 6) is 1.78. The van der Waals surface area contributed by atoms with Gasteiger partial charge in [-0.3, -0.25) is 4.79 Å². The molecule has 1 amide bonds. The SMILES string of the molecule is Cc1nccc(Nc2ccc(CN(C(=O)C=Cc3ccc(C(F)(F)F)cc3)C3CCN(C4CCCC4)CC3)cn2)n1. The highest BCUT2D eigenvalue weighted by atomic mass is 19.4. The molecule has 5 rings (SSSR count). The number of halogens is 3. The highest BCUT2D eigenvalue weighted by molar-refractivity contribution is 5.92. The van der Waals surface area contributed by atoms with Gasteiger partial charge < -0.3 is 15.1 Å². The van der Waals surface area contributed by atoms with Gasteiger partial charge >= 0.3 is 6.18 Å². The number of aromatic nitrogens is 3. The summed E-state index contributed by atoms with van der Waals surface area (Å²) in [6.45, 7) is 4.13. The summed E-state index contributed by atoms with van der Waals surface area (Å²) in [6, 6.07) is 11.1. The number of rotatable bonds is 8. The molecule has 10 heteroatoms. The minimum atomic E-state index is -4.39. The second kappa shape index (κ2) is 12.8. The van der Waals surface area contributed by atoms with E-state index in [1.165, 1.54) is 43.9 Å². The Morgan fingerprint density at radius 1 is 1.00 bits per heavy atom. The number of alkyl halides is 3. The highest BCUT2D eigenvalue weighted by Gasteiger charge is 2.32. The zero-order chi connectivity index (χ0) is 28.8. The zero-order valence-electron chi connectivity index (χ0n) is 23.1. The molecular formula is C31H35F3N6O. The zero-order valence-corrected chi connectivity index (χ0v) is 23.1. The molecule has 1 saturated heterocycles. The first-order valence-corrected chi connectivity index (χ1v) is 14.2. The van der Waals surface area contributed by atoms with Crippen molar-refractivity contribution < 1.29 is 18.0 Å². The van der Waals surface area contributed by atoms with Gasteiger partial charge in [0, 0.05) is 50.2 Å². The van der Waals surface area contributed by atoms with E-state index in [0.717, 1.165) is 43.6 Å². The van der Waals surface area contributed by atoms with E-state index in [4.69, 9.17) is 0 Å². The molecule has 0 bridgehead atoms. The lowest BCUT2D eigenvalue weighted by molar-refractivity contribution is -0.137. The lowest BCUT2D eigenvalue weighted by Crippen LogP contribution is -2.48. The Labute approximate surface area is 238 Å². The van der Waals surface area contributed by atoms with E-state index in [0.29, 0.717) is 35.6 Å². The third-order valence-corrected chi connectivity index (χ3v) is 7.93. The number of amides is 1. The molecule has 1 aromatic carbocycles. The van der Waals surface area contributed by atoms with Crippen molar-refractivity contribution in [2.45, 2.75) is 70.3 Å².